The molecule has 2 aromatic carbocycles. The second kappa shape index (κ2) is 9.68. The normalized spacial score (nSPS) is 10.1. The molecule has 0 unspecified atom stereocenters. The van der Waals surface area contributed by atoms with Crippen LogP contribution in [-0.4, -0.2) is 10.2 Å². The Morgan fingerprint density at radius 3 is 1.52 bits per heavy atom. The molecule has 0 aliphatic carbocycles. The Kier molecular flexibility index (Phi) is 8.47. The van der Waals surface area contributed by atoms with Gasteiger partial charge in [-0.15, -0.1) is 34.0 Å². The number of halogens is 2. The van der Waals surface area contributed by atoms with Crippen molar-refractivity contribution in [2.45, 2.75) is 26.9 Å². The fourth-order valence-corrected chi connectivity index (χ4v) is 3.15. The van der Waals surface area contributed by atoms with Crippen LogP contribution in [0.2, 0.25) is 0 Å². The summed E-state index contributed by atoms with van der Waals surface area (Å²) in [5, 5.41) is 8.69. The minimum atomic E-state index is 0. The van der Waals surface area contributed by atoms with E-state index in [1.165, 1.54) is 0 Å². The van der Waals surface area contributed by atoms with Gasteiger partial charge in [0.25, 0.3) is 0 Å². The van der Waals surface area contributed by atoms with Crippen LogP contribution in [0.3, 0.4) is 0 Å². The molecule has 0 aliphatic rings. The number of hydrogen-bond acceptors (Lipinski definition) is 3. The zero-order valence-corrected chi connectivity index (χ0v) is 20.0. The van der Waals surface area contributed by atoms with Crippen molar-refractivity contribution in [1.29, 1.82) is 0 Å². The maximum Gasteiger partial charge on any atom is 0.163 e. The Hall–Kier alpha value is -1.42. The van der Waals surface area contributed by atoms with Gasteiger partial charge in [-0.3, -0.25) is 0 Å². The fourth-order valence-electron chi connectivity index (χ4n) is 3.00. The molecule has 146 valence electrons. The van der Waals surface area contributed by atoms with Gasteiger partial charge in [0.05, 0.1) is 0 Å². The lowest BCUT2D eigenvalue weighted by atomic mass is 10.0. The summed E-state index contributed by atoms with van der Waals surface area (Å²) < 4.78 is 6.29. The van der Waals surface area contributed by atoms with E-state index >= 15 is 0 Å². The number of benzene rings is 2. The highest BCUT2D eigenvalue weighted by molar-refractivity contribution is 8.93. The summed E-state index contributed by atoms with van der Waals surface area (Å²) in [6.07, 6.45) is 0. The van der Waals surface area contributed by atoms with Gasteiger partial charge < -0.3 is 26.5 Å². The predicted molar refractivity (Wildman–Crippen MR) is 131 cm³/mol. The topological polar surface area (TPSA) is 89.2 Å². The first-order valence-corrected chi connectivity index (χ1v) is 8.70. The van der Waals surface area contributed by atoms with Gasteiger partial charge in [-0.1, -0.05) is 24.3 Å². The Bertz CT molecular complexity index is 926. The summed E-state index contributed by atoms with van der Waals surface area (Å²) in [6.45, 7) is 5.14. The number of thiocarbonyl (C=S) groups is 2. The molecule has 5 nitrogen and oxygen atoms in total. The number of rotatable bonds is 4. The molecule has 0 atom stereocenters. The quantitative estimate of drug-likeness (QED) is 0.376. The molecule has 1 heterocycles. The molecular weight excluding hydrogens is 512 g/mol. The highest BCUT2D eigenvalue weighted by atomic mass is 79.9. The molecule has 0 spiro atoms. The largest absolute Gasteiger partial charge is 0.455 e. The number of nitrogens with one attached hydrogen (secondary N) is 2. The van der Waals surface area contributed by atoms with Gasteiger partial charge in [0.2, 0.25) is 0 Å². The summed E-state index contributed by atoms with van der Waals surface area (Å²) in [5.41, 5.74) is 17.2. The maximum atomic E-state index is 6.29. The summed E-state index contributed by atoms with van der Waals surface area (Å²) in [5.74, 6) is 0. The van der Waals surface area contributed by atoms with Crippen molar-refractivity contribution in [3.8, 4) is 0 Å². The van der Waals surface area contributed by atoms with Crippen molar-refractivity contribution >= 4 is 90.6 Å². The van der Waals surface area contributed by atoms with E-state index in [1.54, 1.807) is 0 Å². The highest BCUT2D eigenvalue weighted by Gasteiger charge is 2.16. The smallest absolute Gasteiger partial charge is 0.163 e. The molecule has 1 aromatic heterocycles. The van der Waals surface area contributed by atoms with Crippen LogP contribution in [0, 0.1) is 13.8 Å². The summed E-state index contributed by atoms with van der Waals surface area (Å²) >= 11 is 9.85. The van der Waals surface area contributed by atoms with E-state index in [0.717, 1.165) is 44.2 Å². The summed E-state index contributed by atoms with van der Waals surface area (Å²) in [7, 11) is 0. The van der Waals surface area contributed by atoms with Crippen LogP contribution in [-0.2, 0) is 13.1 Å². The van der Waals surface area contributed by atoms with Crippen LogP contribution in [0.15, 0.2) is 28.7 Å². The van der Waals surface area contributed by atoms with Gasteiger partial charge in [-0.25, -0.2) is 0 Å². The lowest BCUT2D eigenvalue weighted by Crippen LogP contribution is -2.28. The van der Waals surface area contributed by atoms with Gasteiger partial charge in [0.15, 0.2) is 10.2 Å². The molecular formula is C18H22Br2N4OS2. The van der Waals surface area contributed by atoms with E-state index in [0.29, 0.717) is 13.1 Å². The van der Waals surface area contributed by atoms with E-state index < -0.39 is 0 Å². The molecule has 0 saturated heterocycles. The average molecular weight is 534 g/mol. The van der Waals surface area contributed by atoms with Crippen molar-refractivity contribution in [3.05, 3.63) is 46.5 Å². The third kappa shape index (κ3) is 4.90. The third-order valence-electron chi connectivity index (χ3n) is 4.36. The van der Waals surface area contributed by atoms with Crippen LogP contribution in [0.5, 0.6) is 0 Å². The molecule has 9 heteroatoms. The van der Waals surface area contributed by atoms with Crippen molar-refractivity contribution in [1.82, 2.24) is 10.6 Å². The third-order valence-corrected chi connectivity index (χ3v) is 4.65. The van der Waals surface area contributed by atoms with Crippen LogP contribution >= 0.6 is 58.4 Å². The monoisotopic (exact) mass is 532 g/mol. The van der Waals surface area contributed by atoms with E-state index in [4.69, 9.17) is 40.3 Å². The first-order valence-electron chi connectivity index (χ1n) is 7.88. The Labute approximate surface area is 189 Å². The molecule has 0 amide bonds. The summed E-state index contributed by atoms with van der Waals surface area (Å²) in [4.78, 5) is 0. The highest BCUT2D eigenvalue weighted by Crippen LogP contribution is 2.35. The van der Waals surface area contributed by atoms with Crippen LogP contribution < -0.4 is 22.1 Å². The van der Waals surface area contributed by atoms with Gasteiger partial charge in [-0.05, 0) is 49.4 Å². The molecule has 3 rings (SSSR count). The lowest BCUT2D eigenvalue weighted by molar-refractivity contribution is 0.651. The second-order valence-electron chi connectivity index (χ2n) is 6.01. The molecule has 0 bridgehead atoms. The van der Waals surface area contributed by atoms with Gasteiger partial charge >= 0.3 is 0 Å². The van der Waals surface area contributed by atoms with Crippen LogP contribution in [0.1, 0.15) is 22.3 Å². The van der Waals surface area contributed by atoms with Crippen LogP contribution in [0.25, 0.3) is 21.9 Å². The van der Waals surface area contributed by atoms with Gasteiger partial charge in [0, 0.05) is 35.0 Å². The minimum absolute atomic E-state index is 0. The van der Waals surface area contributed by atoms with Crippen molar-refractivity contribution in [2.75, 3.05) is 0 Å². The van der Waals surface area contributed by atoms with Gasteiger partial charge in [-0.2, -0.15) is 0 Å². The number of nitrogens with two attached hydrogens (primary N) is 2. The maximum absolute atomic E-state index is 6.29. The number of furan rings is 1. The minimum Gasteiger partial charge on any atom is -0.455 e. The van der Waals surface area contributed by atoms with E-state index in [1.807, 2.05) is 13.8 Å². The van der Waals surface area contributed by atoms with Crippen LogP contribution in [0.4, 0.5) is 0 Å². The zero-order chi connectivity index (χ0) is 18.1. The second-order valence-corrected chi connectivity index (χ2v) is 6.89. The average Bonchev–Trinajstić information content (AvgIpc) is 2.91. The van der Waals surface area contributed by atoms with Crippen molar-refractivity contribution in [2.24, 2.45) is 11.5 Å². The molecule has 0 aliphatic heterocycles. The zero-order valence-electron chi connectivity index (χ0n) is 14.9. The van der Waals surface area contributed by atoms with E-state index in [9.17, 15) is 0 Å². The molecule has 0 radical (unpaired) electrons. The summed E-state index contributed by atoms with van der Waals surface area (Å²) in [6, 6.07) is 8.34. The fraction of sp³-hybridized carbons (Fsp3) is 0.222. The predicted octanol–water partition coefficient (Wildman–Crippen LogP) is 4.03. The standard InChI is InChI=1S/C18H20N4OS2.2BrH/c1-9-3-5-11-12-6-4-10(2)14(8-22-18(20)25)16(12)23-15(11)13(9)7-21-17(19)24;;/h3-6H,7-8H2,1-2H3,(H3,19,21,24)(H3,20,22,25);2*1H. The first kappa shape index (κ1) is 23.6. The van der Waals surface area contributed by atoms with Crippen molar-refractivity contribution in [3.63, 3.8) is 0 Å². The van der Waals surface area contributed by atoms with Gasteiger partial charge in [0.1, 0.15) is 11.2 Å². The molecule has 27 heavy (non-hydrogen) atoms. The first-order chi connectivity index (χ1) is 11.9. The SMILES string of the molecule is Br.Br.Cc1ccc2c(oc3c(CNC(N)=S)c(C)ccc32)c1CNC(N)=S. The Morgan fingerprint density at radius 2 is 1.19 bits per heavy atom. The van der Waals surface area contributed by atoms with E-state index in [-0.39, 0.29) is 44.2 Å². The number of fused-ring (bicyclic) bond motifs is 3. The molecule has 6 N–H and O–H groups in total. The van der Waals surface area contributed by atoms with Crippen molar-refractivity contribution < 1.29 is 4.42 Å². The molecule has 3 aromatic rings. The molecule has 0 saturated carbocycles. The number of hydrogen-bond donors (Lipinski definition) is 4. The number of aryl methyl sites for hydroxylation is 2. The van der Waals surface area contributed by atoms with E-state index in [2.05, 4.69) is 34.9 Å². The lowest BCUT2D eigenvalue weighted by Gasteiger charge is -2.08. The Balaban J connectivity index is 0.00000182. The Morgan fingerprint density at radius 1 is 0.815 bits per heavy atom. The molecule has 0 fully saturated rings.